The third-order valence-electron chi connectivity index (χ3n) is 9.19. The number of benzene rings is 5. The van der Waals surface area contributed by atoms with Crippen molar-refractivity contribution in [1.29, 1.82) is 0 Å². The van der Waals surface area contributed by atoms with Crippen molar-refractivity contribution in [3.8, 4) is 0 Å². The van der Waals surface area contributed by atoms with Gasteiger partial charge in [-0.05, 0) is 70.1 Å². The van der Waals surface area contributed by atoms with Crippen LogP contribution in [0.5, 0.6) is 0 Å². The molecule has 182 valence electrons. The summed E-state index contributed by atoms with van der Waals surface area (Å²) < 4.78 is 4.88. The Morgan fingerprint density at radius 1 is 0.375 bits per heavy atom. The van der Waals surface area contributed by atoms with Crippen LogP contribution in [0.2, 0.25) is 0 Å². The number of rotatable bonds is 0. The van der Waals surface area contributed by atoms with E-state index in [1.807, 2.05) is 12.4 Å². The van der Waals surface area contributed by atoms with Crippen molar-refractivity contribution in [3.05, 3.63) is 109 Å². The smallest absolute Gasteiger partial charge is 0.0970 e. The summed E-state index contributed by atoms with van der Waals surface area (Å²) in [5.41, 5.74) is 9.39. The molecule has 0 fully saturated rings. The SMILES string of the molecule is c1ccc2cc3c(cc2c1)c1nccc2c4cc5c6ccnc7c8cc9ccccc9cc8n(c5cc4n3c21)c67. The highest BCUT2D eigenvalue weighted by molar-refractivity contribution is 6.29. The van der Waals surface area contributed by atoms with Gasteiger partial charge < -0.3 is 8.80 Å². The van der Waals surface area contributed by atoms with E-state index < -0.39 is 0 Å². The van der Waals surface area contributed by atoms with Gasteiger partial charge in [0.15, 0.2) is 0 Å². The Kier molecular flexibility index (Phi) is 3.12. The van der Waals surface area contributed by atoms with Crippen LogP contribution in [0.25, 0.3) is 98.0 Å². The molecule has 0 radical (unpaired) electrons. The lowest BCUT2D eigenvalue weighted by atomic mass is 10.0. The van der Waals surface area contributed by atoms with E-state index in [9.17, 15) is 0 Å². The van der Waals surface area contributed by atoms with Crippen LogP contribution < -0.4 is 0 Å². The van der Waals surface area contributed by atoms with E-state index in [-0.39, 0.29) is 0 Å². The van der Waals surface area contributed by atoms with E-state index in [4.69, 9.17) is 9.97 Å². The van der Waals surface area contributed by atoms with Gasteiger partial charge in [-0.2, -0.15) is 0 Å². The highest BCUT2D eigenvalue weighted by atomic mass is 15.0. The molecule has 0 atom stereocenters. The Balaban J connectivity index is 1.41. The van der Waals surface area contributed by atoms with Crippen molar-refractivity contribution in [2.75, 3.05) is 0 Å². The van der Waals surface area contributed by atoms with Crippen molar-refractivity contribution >= 4 is 98.0 Å². The van der Waals surface area contributed by atoms with Gasteiger partial charge in [-0.3, -0.25) is 9.97 Å². The fourth-order valence-electron chi connectivity index (χ4n) is 7.52. The summed E-state index contributed by atoms with van der Waals surface area (Å²) in [5, 5.41) is 12.4. The van der Waals surface area contributed by atoms with Crippen LogP contribution in [0, 0.1) is 0 Å². The average molecular weight is 507 g/mol. The third-order valence-corrected chi connectivity index (χ3v) is 9.19. The first kappa shape index (κ1) is 19.6. The first-order chi connectivity index (χ1) is 19.8. The predicted octanol–water partition coefficient (Wildman–Crippen LogP) is 9.08. The molecule has 0 unspecified atom stereocenters. The van der Waals surface area contributed by atoms with Gasteiger partial charge in [0.25, 0.3) is 0 Å². The van der Waals surface area contributed by atoms with Crippen LogP contribution in [0.4, 0.5) is 0 Å². The molecule has 0 saturated heterocycles. The van der Waals surface area contributed by atoms with E-state index in [2.05, 4.69) is 106 Å². The fraction of sp³-hybridized carbons (Fsp3) is 0. The molecular formula is C36H18N4. The van der Waals surface area contributed by atoms with Crippen molar-refractivity contribution < 1.29 is 0 Å². The molecule has 11 rings (SSSR count). The summed E-state index contributed by atoms with van der Waals surface area (Å²) in [6, 6.07) is 35.6. The van der Waals surface area contributed by atoms with E-state index >= 15 is 0 Å². The molecule has 0 bridgehead atoms. The number of hydrogen-bond acceptors (Lipinski definition) is 2. The third kappa shape index (κ3) is 2.08. The second-order valence-corrected chi connectivity index (χ2v) is 11.1. The monoisotopic (exact) mass is 506 g/mol. The van der Waals surface area contributed by atoms with Gasteiger partial charge in [0.1, 0.15) is 0 Å². The standard InChI is InChI=1S/C36H18N4/c1-3-7-21-15-29-27(13-19(21)5-1)33-35-23(9-11-37-33)25-17-26-24-10-12-38-34-28-14-20-6-2-4-8-22(20)16-30(28)40(36(24)34)32(26)18-31(25)39(29)35/h1-18H. The van der Waals surface area contributed by atoms with Gasteiger partial charge >= 0.3 is 0 Å². The zero-order chi connectivity index (χ0) is 25.7. The molecule has 11 aromatic rings. The van der Waals surface area contributed by atoms with Crippen LogP contribution in [0.3, 0.4) is 0 Å². The highest BCUT2D eigenvalue weighted by Crippen LogP contribution is 2.44. The van der Waals surface area contributed by atoms with E-state index in [1.165, 1.54) is 87.0 Å². The molecule has 6 heterocycles. The predicted molar refractivity (Wildman–Crippen MR) is 166 cm³/mol. The van der Waals surface area contributed by atoms with Gasteiger partial charge in [-0.25, -0.2) is 0 Å². The van der Waals surface area contributed by atoms with Crippen LogP contribution in [0.1, 0.15) is 0 Å². The van der Waals surface area contributed by atoms with Crippen molar-refractivity contribution in [2.45, 2.75) is 0 Å². The molecule has 4 heteroatoms. The Bertz CT molecular complexity index is 2680. The number of aromatic nitrogens is 4. The minimum absolute atomic E-state index is 1.07. The normalized spacial score (nSPS) is 13.0. The van der Waals surface area contributed by atoms with Crippen molar-refractivity contribution in [2.24, 2.45) is 0 Å². The van der Waals surface area contributed by atoms with Crippen LogP contribution in [-0.4, -0.2) is 18.8 Å². The zero-order valence-corrected chi connectivity index (χ0v) is 21.2. The summed E-state index contributed by atoms with van der Waals surface area (Å²) >= 11 is 0. The second kappa shape index (κ2) is 6.38. The summed E-state index contributed by atoms with van der Waals surface area (Å²) in [7, 11) is 0. The van der Waals surface area contributed by atoms with Crippen molar-refractivity contribution in [3.63, 3.8) is 0 Å². The quantitative estimate of drug-likeness (QED) is 0.206. The van der Waals surface area contributed by atoms with E-state index in [0.29, 0.717) is 0 Å². The molecular weight excluding hydrogens is 488 g/mol. The Morgan fingerprint density at radius 3 is 1.27 bits per heavy atom. The zero-order valence-electron chi connectivity index (χ0n) is 21.2. The molecule has 40 heavy (non-hydrogen) atoms. The fourth-order valence-corrected chi connectivity index (χ4v) is 7.52. The summed E-state index contributed by atoms with van der Waals surface area (Å²) in [5.74, 6) is 0. The number of hydrogen-bond donors (Lipinski definition) is 0. The van der Waals surface area contributed by atoms with Gasteiger partial charge in [0.2, 0.25) is 0 Å². The highest BCUT2D eigenvalue weighted by Gasteiger charge is 2.23. The first-order valence-corrected chi connectivity index (χ1v) is 13.7. The largest absolute Gasteiger partial charge is 0.306 e. The minimum atomic E-state index is 1.07. The second-order valence-electron chi connectivity index (χ2n) is 11.1. The molecule has 0 aliphatic carbocycles. The topological polar surface area (TPSA) is 34.6 Å². The number of pyridine rings is 2. The summed E-state index contributed by atoms with van der Waals surface area (Å²) in [6.07, 6.45) is 3.93. The van der Waals surface area contributed by atoms with Crippen LogP contribution >= 0.6 is 0 Å². The molecule has 4 nitrogen and oxygen atoms in total. The molecule has 5 aromatic carbocycles. The van der Waals surface area contributed by atoms with Crippen LogP contribution in [0.15, 0.2) is 109 Å². The molecule has 0 aliphatic rings. The maximum absolute atomic E-state index is 4.89. The minimum Gasteiger partial charge on any atom is -0.306 e. The lowest BCUT2D eigenvalue weighted by molar-refractivity contribution is 1.34. The number of nitrogens with zero attached hydrogens (tertiary/aromatic N) is 4. The average Bonchev–Trinajstić information content (AvgIpc) is 3.71. The molecule has 0 aliphatic heterocycles. The molecule has 0 amide bonds. The molecule has 6 aromatic heterocycles. The maximum Gasteiger partial charge on any atom is 0.0970 e. The number of fused-ring (bicyclic) bond motifs is 14. The Morgan fingerprint density at radius 2 is 0.800 bits per heavy atom. The van der Waals surface area contributed by atoms with Crippen molar-refractivity contribution in [1.82, 2.24) is 18.8 Å². The van der Waals surface area contributed by atoms with E-state index in [0.717, 1.165) is 11.0 Å². The lowest BCUT2D eigenvalue weighted by Gasteiger charge is -2.03. The van der Waals surface area contributed by atoms with Gasteiger partial charge in [-0.1, -0.05) is 48.5 Å². The van der Waals surface area contributed by atoms with Crippen LogP contribution in [-0.2, 0) is 0 Å². The van der Waals surface area contributed by atoms with Gasteiger partial charge in [0.05, 0.1) is 44.1 Å². The maximum atomic E-state index is 4.89. The summed E-state index contributed by atoms with van der Waals surface area (Å²) in [6.45, 7) is 0. The summed E-state index contributed by atoms with van der Waals surface area (Å²) in [4.78, 5) is 9.79. The first-order valence-electron chi connectivity index (χ1n) is 13.7. The van der Waals surface area contributed by atoms with E-state index in [1.54, 1.807) is 0 Å². The molecule has 0 N–H and O–H groups in total. The van der Waals surface area contributed by atoms with Gasteiger partial charge in [0, 0.05) is 44.7 Å². The molecule has 0 spiro atoms. The van der Waals surface area contributed by atoms with Gasteiger partial charge in [-0.15, -0.1) is 0 Å². The molecule has 0 saturated carbocycles. The lowest BCUT2D eigenvalue weighted by Crippen LogP contribution is -1.84. The Labute approximate surface area is 226 Å². The Hall–Kier alpha value is -5.48.